The number of hydrogen-bond donors (Lipinski definition) is 1. The largest absolute Gasteiger partial charge is 0.395 e. The highest BCUT2D eigenvalue weighted by Gasteiger charge is 2.26. The second-order valence-electron chi connectivity index (χ2n) is 3.91. The molecular weight excluding hydrogens is 232 g/mol. The Bertz CT molecular complexity index is 457. The number of hydrogen-bond acceptors (Lipinski definition) is 1. The summed E-state index contributed by atoms with van der Waals surface area (Å²) in [5, 5.41) is 9.46. The zero-order chi connectivity index (χ0) is 14.3. The lowest BCUT2D eigenvalue weighted by Gasteiger charge is -2.08. The van der Waals surface area contributed by atoms with Gasteiger partial charge in [-0.05, 0) is 22.3 Å². The summed E-state index contributed by atoms with van der Waals surface area (Å²) in [5.41, 5.74) is 5.04. The predicted octanol–water partition coefficient (Wildman–Crippen LogP) is 4.84. The average molecular weight is 256 g/mol. The standard InChI is InChI=1S/C14H12O.2C2H6/c15-9-14-12-7-3-1-5-10(12)11-6-2-4-8-13(11)14;2*1-2/h1-8,14-15H,9H2;2*1-2H3. The van der Waals surface area contributed by atoms with Crippen molar-refractivity contribution in [1.29, 1.82) is 0 Å². The molecule has 0 saturated heterocycles. The first-order valence-corrected chi connectivity index (χ1v) is 7.21. The van der Waals surface area contributed by atoms with Gasteiger partial charge in [-0.3, -0.25) is 0 Å². The first kappa shape index (κ1) is 15.5. The minimum atomic E-state index is 0.164. The van der Waals surface area contributed by atoms with Gasteiger partial charge >= 0.3 is 0 Å². The second-order valence-corrected chi connectivity index (χ2v) is 3.91. The fraction of sp³-hybridized carbons (Fsp3) is 0.333. The van der Waals surface area contributed by atoms with E-state index in [4.69, 9.17) is 0 Å². The fourth-order valence-electron chi connectivity index (χ4n) is 2.46. The second kappa shape index (κ2) is 7.75. The van der Waals surface area contributed by atoms with Crippen molar-refractivity contribution in [3.05, 3.63) is 59.7 Å². The highest BCUT2D eigenvalue weighted by molar-refractivity contribution is 5.78. The maximum absolute atomic E-state index is 9.46. The van der Waals surface area contributed by atoms with Crippen molar-refractivity contribution in [2.45, 2.75) is 33.6 Å². The average Bonchev–Trinajstić information content (AvgIpc) is 2.85. The molecule has 0 atom stereocenters. The van der Waals surface area contributed by atoms with Crippen LogP contribution in [0.4, 0.5) is 0 Å². The molecule has 3 rings (SSSR count). The first-order chi connectivity index (χ1) is 9.42. The predicted molar refractivity (Wildman–Crippen MR) is 83.5 cm³/mol. The van der Waals surface area contributed by atoms with Crippen LogP contribution in [-0.2, 0) is 0 Å². The van der Waals surface area contributed by atoms with Crippen LogP contribution in [0.1, 0.15) is 44.7 Å². The number of aliphatic hydroxyl groups is 1. The molecule has 19 heavy (non-hydrogen) atoms. The Hall–Kier alpha value is -1.60. The van der Waals surface area contributed by atoms with E-state index >= 15 is 0 Å². The van der Waals surface area contributed by atoms with Gasteiger partial charge in [-0.15, -0.1) is 0 Å². The van der Waals surface area contributed by atoms with Crippen LogP contribution in [-0.4, -0.2) is 11.7 Å². The lowest BCUT2D eigenvalue weighted by Crippen LogP contribution is -2.01. The Morgan fingerprint density at radius 1 is 0.737 bits per heavy atom. The van der Waals surface area contributed by atoms with Crippen LogP contribution in [0.25, 0.3) is 11.1 Å². The summed E-state index contributed by atoms with van der Waals surface area (Å²) in [6.45, 7) is 8.19. The van der Waals surface area contributed by atoms with Crippen molar-refractivity contribution < 1.29 is 5.11 Å². The van der Waals surface area contributed by atoms with Crippen LogP contribution in [0.15, 0.2) is 48.5 Å². The van der Waals surface area contributed by atoms with Crippen molar-refractivity contribution in [3.63, 3.8) is 0 Å². The molecule has 0 saturated carbocycles. The molecule has 1 nitrogen and oxygen atoms in total. The molecule has 1 heteroatoms. The monoisotopic (exact) mass is 256 g/mol. The van der Waals surface area contributed by atoms with E-state index in [0.29, 0.717) is 0 Å². The van der Waals surface area contributed by atoms with Gasteiger partial charge in [0, 0.05) is 5.92 Å². The van der Waals surface area contributed by atoms with Crippen LogP contribution in [0.2, 0.25) is 0 Å². The summed E-state index contributed by atoms with van der Waals surface area (Å²) in [6, 6.07) is 16.6. The van der Waals surface area contributed by atoms with Crippen molar-refractivity contribution >= 4 is 0 Å². The minimum Gasteiger partial charge on any atom is -0.395 e. The van der Waals surface area contributed by atoms with E-state index in [9.17, 15) is 5.11 Å². The summed E-state index contributed by atoms with van der Waals surface area (Å²) >= 11 is 0. The summed E-state index contributed by atoms with van der Waals surface area (Å²) in [7, 11) is 0. The van der Waals surface area contributed by atoms with Gasteiger partial charge in [-0.25, -0.2) is 0 Å². The Kier molecular flexibility index (Phi) is 6.31. The fourth-order valence-corrected chi connectivity index (χ4v) is 2.46. The lowest BCUT2D eigenvalue weighted by molar-refractivity contribution is 0.282. The van der Waals surface area contributed by atoms with Gasteiger partial charge in [0.25, 0.3) is 0 Å². The summed E-state index contributed by atoms with van der Waals surface area (Å²) < 4.78 is 0. The summed E-state index contributed by atoms with van der Waals surface area (Å²) in [4.78, 5) is 0. The third kappa shape index (κ3) is 2.87. The third-order valence-corrected chi connectivity index (χ3v) is 3.15. The smallest absolute Gasteiger partial charge is 0.0540 e. The molecule has 0 aromatic heterocycles. The van der Waals surface area contributed by atoms with Crippen LogP contribution < -0.4 is 0 Å². The van der Waals surface area contributed by atoms with E-state index in [2.05, 4.69) is 36.4 Å². The molecule has 102 valence electrons. The van der Waals surface area contributed by atoms with Crippen molar-refractivity contribution in [3.8, 4) is 11.1 Å². The molecule has 0 radical (unpaired) electrons. The SMILES string of the molecule is CC.CC.OCC1c2ccccc2-c2ccccc21. The molecule has 2 aromatic rings. The molecule has 0 bridgehead atoms. The number of fused-ring (bicyclic) bond motifs is 3. The van der Waals surface area contributed by atoms with Gasteiger partial charge in [0.05, 0.1) is 6.61 Å². The van der Waals surface area contributed by atoms with Gasteiger partial charge in [-0.2, -0.15) is 0 Å². The zero-order valence-electron chi connectivity index (χ0n) is 12.4. The molecule has 2 aromatic carbocycles. The minimum absolute atomic E-state index is 0.164. The number of aliphatic hydroxyl groups excluding tert-OH is 1. The highest BCUT2D eigenvalue weighted by atomic mass is 16.3. The van der Waals surface area contributed by atoms with Crippen LogP contribution >= 0.6 is 0 Å². The van der Waals surface area contributed by atoms with Crippen molar-refractivity contribution in [2.24, 2.45) is 0 Å². The summed E-state index contributed by atoms with van der Waals surface area (Å²) in [5.74, 6) is 0.164. The third-order valence-electron chi connectivity index (χ3n) is 3.15. The molecular formula is C18H24O. The van der Waals surface area contributed by atoms with E-state index in [-0.39, 0.29) is 12.5 Å². The normalized spacial score (nSPS) is 11.4. The molecule has 1 aliphatic rings. The Morgan fingerprint density at radius 2 is 1.11 bits per heavy atom. The highest BCUT2D eigenvalue weighted by Crippen LogP contribution is 2.43. The molecule has 0 spiro atoms. The van der Waals surface area contributed by atoms with E-state index in [1.165, 1.54) is 22.3 Å². The van der Waals surface area contributed by atoms with E-state index < -0.39 is 0 Å². The number of benzene rings is 2. The van der Waals surface area contributed by atoms with Crippen LogP contribution in [0.3, 0.4) is 0 Å². The molecule has 1 aliphatic carbocycles. The topological polar surface area (TPSA) is 20.2 Å². The van der Waals surface area contributed by atoms with Gasteiger partial charge in [0.1, 0.15) is 0 Å². The Balaban J connectivity index is 0.000000415. The van der Waals surface area contributed by atoms with Crippen molar-refractivity contribution in [1.82, 2.24) is 0 Å². The summed E-state index contributed by atoms with van der Waals surface area (Å²) in [6.07, 6.45) is 0. The van der Waals surface area contributed by atoms with Gasteiger partial charge in [0.15, 0.2) is 0 Å². The van der Waals surface area contributed by atoms with Crippen LogP contribution in [0, 0.1) is 0 Å². The molecule has 0 amide bonds. The van der Waals surface area contributed by atoms with E-state index in [0.717, 1.165) is 0 Å². The quantitative estimate of drug-likeness (QED) is 0.773. The molecule has 1 N–H and O–H groups in total. The van der Waals surface area contributed by atoms with Gasteiger partial charge < -0.3 is 5.11 Å². The van der Waals surface area contributed by atoms with Crippen molar-refractivity contribution in [2.75, 3.05) is 6.61 Å². The maximum Gasteiger partial charge on any atom is 0.0540 e. The van der Waals surface area contributed by atoms with Crippen LogP contribution in [0.5, 0.6) is 0 Å². The molecule has 0 aliphatic heterocycles. The van der Waals surface area contributed by atoms with Gasteiger partial charge in [0.2, 0.25) is 0 Å². The number of rotatable bonds is 1. The molecule has 0 fully saturated rings. The van der Waals surface area contributed by atoms with E-state index in [1.54, 1.807) is 0 Å². The first-order valence-electron chi connectivity index (χ1n) is 7.21. The molecule has 0 unspecified atom stereocenters. The molecule has 0 heterocycles. The Labute approximate surface area is 116 Å². The Morgan fingerprint density at radius 3 is 1.47 bits per heavy atom. The maximum atomic E-state index is 9.46. The lowest BCUT2D eigenvalue weighted by atomic mass is 9.98. The zero-order valence-corrected chi connectivity index (χ0v) is 12.4. The van der Waals surface area contributed by atoms with Gasteiger partial charge in [-0.1, -0.05) is 76.2 Å². The van der Waals surface area contributed by atoms with E-state index in [1.807, 2.05) is 39.8 Å².